The maximum Gasteiger partial charge on any atom is 0.261 e. The summed E-state index contributed by atoms with van der Waals surface area (Å²) in [6.07, 6.45) is 0.398. The number of amides is 1. The Morgan fingerprint density at radius 3 is 2.69 bits per heavy atom. The highest BCUT2D eigenvalue weighted by molar-refractivity contribution is 9.10. The Morgan fingerprint density at radius 2 is 1.92 bits per heavy atom. The fourth-order valence-electron chi connectivity index (χ4n) is 3.64. The lowest BCUT2D eigenvalue weighted by atomic mass is 9.96. The van der Waals surface area contributed by atoms with Crippen LogP contribution in [-0.4, -0.2) is 22.0 Å². The monoisotopic (exact) mass is 411 g/mol. The van der Waals surface area contributed by atoms with Crippen LogP contribution in [-0.2, 0) is 18.3 Å². The van der Waals surface area contributed by atoms with Crippen molar-refractivity contribution in [3.05, 3.63) is 68.7 Å². The highest BCUT2D eigenvalue weighted by atomic mass is 79.9. The van der Waals surface area contributed by atoms with E-state index in [0.29, 0.717) is 29.7 Å². The molecule has 6 heteroatoms. The molecule has 2 aromatic carbocycles. The topological polar surface area (TPSA) is 55.2 Å². The second-order valence-corrected chi connectivity index (χ2v) is 7.37. The molecule has 0 aliphatic carbocycles. The molecule has 1 aromatic heterocycles. The molecule has 0 unspecified atom stereocenters. The van der Waals surface area contributed by atoms with Gasteiger partial charge in [0, 0.05) is 30.2 Å². The number of rotatable bonds is 3. The van der Waals surface area contributed by atoms with E-state index in [1.54, 1.807) is 22.6 Å². The smallest absolute Gasteiger partial charge is 0.261 e. The summed E-state index contributed by atoms with van der Waals surface area (Å²) in [5.41, 5.74) is 2.50. The molecule has 0 saturated carbocycles. The summed E-state index contributed by atoms with van der Waals surface area (Å²) in [7, 11) is 1.72. The average Bonchev–Trinajstić information content (AvgIpc) is 2.90. The maximum absolute atomic E-state index is 13.0. The number of hydrogen-bond donors (Lipinski definition) is 0. The lowest BCUT2D eigenvalue weighted by Gasteiger charge is -2.16. The van der Waals surface area contributed by atoms with Gasteiger partial charge in [0.25, 0.3) is 5.56 Å². The normalized spacial score (nSPS) is 16.3. The molecule has 1 atom stereocenters. The van der Waals surface area contributed by atoms with Gasteiger partial charge in [-0.25, -0.2) is 4.98 Å². The summed E-state index contributed by atoms with van der Waals surface area (Å²) in [5, 5.41) is 0.592. The van der Waals surface area contributed by atoms with Gasteiger partial charge in [-0.3, -0.25) is 14.2 Å². The van der Waals surface area contributed by atoms with E-state index in [1.807, 2.05) is 43.3 Å². The third kappa shape index (κ3) is 2.56. The number of carbonyl (C=O) groups is 1. The minimum atomic E-state index is -0.332. The van der Waals surface area contributed by atoms with Crippen molar-refractivity contribution in [3.8, 4) is 0 Å². The maximum atomic E-state index is 13.0. The Bertz CT molecular complexity index is 1090. The van der Waals surface area contributed by atoms with Crippen molar-refractivity contribution in [2.45, 2.75) is 19.3 Å². The first kappa shape index (κ1) is 17.0. The zero-order valence-electron chi connectivity index (χ0n) is 14.6. The standard InChI is InChI=1S/C20H18BrN3O2/c1-3-24-17-9-8-12(21)10-14(17)15(20(24)26)11-18-22-16-7-5-4-6-13(16)19(25)23(18)2/h4-10,15H,3,11H2,1-2H3/t15-/m1/s1. The number of fused-ring (bicyclic) bond motifs is 2. The Hall–Kier alpha value is -2.47. The fourth-order valence-corrected chi connectivity index (χ4v) is 4.02. The molecule has 3 aromatic rings. The number of hydrogen-bond acceptors (Lipinski definition) is 3. The van der Waals surface area contributed by atoms with Crippen molar-refractivity contribution < 1.29 is 4.79 Å². The first-order chi connectivity index (χ1) is 12.5. The molecule has 132 valence electrons. The molecule has 5 nitrogen and oxygen atoms in total. The van der Waals surface area contributed by atoms with Crippen LogP contribution in [0.3, 0.4) is 0 Å². The number of aromatic nitrogens is 2. The highest BCUT2D eigenvalue weighted by Gasteiger charge is 2.37. The predicted octanol–water partition coefficient (Wildman–Crippen LogP) is 3.39. The molecule has 0 radical (unpaired) electrons. The fraction of sp³-hybridized carbons (Fsp3) is 0.250. The van der Waals surface area contributed by atoms with E-state index in [9.17, 15) is 9.59 Å². The van der Waals surface area contributed by atoms with Gasteiger partial charge in [0.2, 0.25) is 5.91 Å². The summed E-state index contributed by atoms with van der Waals surface area (Å²) in [4.78, 5) is 32.1. The summed E-state index contributed by atoms with van der Waals surface area (Å²) < 4.78 is 2.49. The van der Waals surface area contributed by atoms with Crippen LogP contribution in [0.1, 0.15) is 24.2 Å². The third-order valence-electron chi connectivity index (χ3n) is 5.00. The van der Waals surface area contributed by atoms with Crippen molar-refractivity contribution >= 4 is 38.4 Å². The second kappa shape index (κ2) is 6.36. The van der Waals surface area contributed by atoms with E-state index >= 15 is 0 Å². The Balaban J connectivity index is 1.82. The van der Waals surface area contributed by atoms with Gasteiger partial charge in [0.15, 0.2) is 0 Å². The van der Waals surface area contributed by atoms with E-state index in [0.717, 1.165) is 15.7 Å². The zero-order chi connectivity index (χ0) is 18.4. The van der Waals surface area contributed by atoms with E-state index in [1.165, 1.54) is 0 Å². The summed E-state index contributed by atoms with van der Waals surface area (Å²) in [6, 6.07) is 13.2. The first-order valence-electron chi connectivity index (χ1n) is 8.56. The SMILES string of the molecule is CCN1C(=O)[C@H](Cc2nc3ccccc3c(=O)n2C)c2cc(Br)ccc21. The molecule has 0 fully saturated rings. The molecule has 4 rings (SSSR count). The van der Waals surface area contributed by atoms with Crippen LogP contribution < -0.4 is 10.5 Å². The number of carbonyl (C=O) groups excluding carboxylic acids is 1. The Morgan fingerprint density at radius 1 is 1.15 bits per heavy atom. The quantitative estimate of drug-likeness (QED) is 0.663. The van der Waals surface area contributed by atoms with Crippen molar-refractivity contribution in [1.29, 1.82) is 0 Å². The minimum absolute atomic E-state index is 0.0583. The van der Waals surface area contributed by atoms with Crippen LogP contribution in [0, 0.1) is 0 Å². The molecule has 2 heterocycles. The highest BCUT2D eigenvalue weighted by Crippen LogP contribution is 2.40. The lowest BCUT2D eigenvalue weighted by Crippen LogP contribution is -2.30. The molecule has 26 heavy (non-hydrogen) atoms. The van der Waals surface area contributed by atoms with Gasteiger partial charge >= 0.3 is 0 Å². The van der Waals surface area contributed by atoms with Gasteiger partial charge in [-0.1, -0.05) is 28.1 Å². The summed E-state index contributed by atoms with van der Waals surface area (Å²) in [6.45, 7) is 2.59. The molecule has 0 N–H and O–H groups in total. The molecule has 1 amide bonds. The predicted molar refractivity (Wildman–Crippen MR) is 106 cm³/mol. The van der Waals surface area contributed by atoms with Crippen molar-refractivity contribution in [3.63, 3.8) is 0 Å². The van der Waals surface area contributed by atoms with Gasteiger partial charge in [0.1, 0.15) is 5.82 Å². The van der Waals surface area contributed by atoms with Gasteiger partial charge in [-0.15, -0.1) is 0 Å². The summed E-state index contributed by atoms with van der Waals surface area (Å²) >= 11 is 3.50. The van der Waals surface area contributed by atoms with Crippen LogP contribution in [0.25, 0.3) is 10.9 Å². The number of halogens is 1. The van der Waals surface area contributed by atoms with Crippen LogP contribution >= 0.6 is 15.9 Å². The first-order valence-corrected chi connectivity index (χ1v) is 9.36. The van der Waals surface area contributed by atoms with E-state index < -0.39 is 0 Å². The molecule has 0 spiro atoms. The molecule has 1 aliphatic rings. The molecule has 0 saturated heterocycles. The van der Waals surface area contributed by atoms with Gasteiger partial charge in [-0.2, -0.15) is 0 Å². The zero-order valence-corrected chi connectivity index (χ0v) is 16.2. The molecule has 1 aliphatic heterocycles. The summed E-state index contributed by atoms with van der Waals surface area (Å²) in [5.74, 6) is 0.348. The Labute approximate surface area is 159 Å². The average molecular weight is 412 g/mol. The van der Waals surface area contributed by atoms with E-state index in [-0.39, 0.29) is 17.4 Å². The largest absolute Gasteiger partial charge is 0.312 e. The van der Waals surface area contributed by atoms with E-state index in [4.69, 9.17) is 0 Å². The van der Waals surface area contributed by atoms with Crippen LogP contribution in [0.4, 0.5) is 5.69 Å². The van der Waals surface area contributed by atoms with Crippen molar-refractivity contribution in [2.75, 3.05) is 11.4 Å². The van der Waals surface area contributed by atoms with Crippen molar-refractivity contribution in [1.82, 2.24) is 9.55 Å². The van der Waals surface area contributed by atoms with Gasteiger partial charge in [0.05, 0.1) is 16.8 Å². The number of benzene rings is 2. The molecular weight excluding hydrogens is 394 g/mol. The van der Waals surface area contributed by atoms with Crippen LogP contribution in [0.5, 0.6) is 0 Å². The van der Waals surface area contributed by atoms with Gasteiger partial charge in [-0.05, 0) is 42.8 Å². The second-order valence-electron chi connectivity index (χ2n) is 6.45. The number of likely N-dealkylation sites (N-methyl/N-ethyl adjacent to an activating group) is 1. The number of nitrogens with zero attached hydrogens (tertiary/aromatic N) is 3. The van der Waals surface area contributed by atoms with Crippen LogP contribution in [0.2, 0.25) is 0 Å². The minimum Gasteiger partial charge on any atom is -0.312 e. The van der Waals surface area contributed by atoms with Crippen molar-refractivity contribution in [2.24, 2.45) is 7.05 Å². The molecular formula is C20H18BrN3O2. The van der Waals surface area contributed by atoms with Crippen LogP contribution in [0.15, 0.2) is 51.7 Å². The van der Waals surface area contributed by atoms with Gasteiger partial charge < -0.3 is 4.90 Å². The third-order valence-corrected chi connectivity index (χ3v) is 5.49. The molecule has 0 bridgehead atoms. The number of para-hydroxylation sites is 1. The lowest BCUT2D eigenvalue weighted by molar-refractivity contribution is -0.119. The number of anilines is 1. The Kier molecular flexibility index (Phi) is 4.15. The van der Waals surface area contributed by atoms with E-state index in [2.05, 4.69) is 20.9 Å².